The molecule has 2 aromatic heterocycles. The third-order valence-electron chi connectivity index (χ3n) is 4.00. The van der Waals surface area contributed by atoms with Crippen LogP contribution < -0.4 is 0 Å². The highest BCUT2D eigenvalue weighted by Crippen LogP contribution is 2.13. The highest BCUT2D eigenvalue weighted by atomic mass is 32.1. The van der Waals surface area contributed by atoms with Crippen LogP contribution in [0.15, 0.2) is 35.0 Å². The number of hydrogen-bond acceptors (Lipinski definition) is 4. The van der Waals surface area contributed by atoms with Gasteiger partial charge in [0, 0.05) is 31.9 Å². The summed E-state index contributed by atoms with van der Waals surface area (Å²) < 4.78 is 0. The van der Waals surface area contributed by atoms with Gasteiger partial charge in [0.05, 0.1) is 5.69 Å². The quantitative estimate of drug-likeness (QED) is 0.865. The van der Waals surface area contributed by atoms with Crippen LogP contribution in [0.2, 0.25) is 0 Å². The monoisotopic (exact) mass is 301 g/mol. The lowest BCUT2D eigenvalue weighted by Gasteiger charge is -2.21. The van der Waals surface area contributed by atoms with E-state index in [1.54, 1.807) is 11.3 Å². The average Bonchev–Trinajstić information content (AvgIpc) is 2.87. The predicted molar refractivity (Wildman–Crippen MR) is 88.5 cm³/mol. The molecule has 4 heteroatoms. The second kappa shape index (κ2) is 7.16. The summed E-state index contributed by atoms with van der Waals surface area (Å²) in [5.41, 5.74) is 3.76. The van der Waals surface area contributed by atoms with Gasteiger partial charge in [-0.2, -0.15) is 11.3 Å². The first-order chi connectivity index (χ1) is 10.3. The van der Waals surface area contributed by atoms with Gasteiger partial charge in [0.25, 0.3) is 0 Å². The molecule has 0 aliphatic carbocycles. The lowest BCUT2D eigenvalue weighted by atomic mass is 10.3. The van der Waals surface area contributed by atoms with Crippen LogP contribution in [-0.4, -0.2) is 41.0 Å². The molecule has 112 valence electrons. The fourth-order valence-electron chi connectivity index (χ4n) is 2.90. The van der Waals surface area contributed by atoms with Crippen LogP contribution in [0.25, 0.3) is 0 Å². The van der Waals surface area contributed by atoms with Crippen LogP contribution in [0.5, 0.6) is 0 Å². The van der Waals surface area contributed by atoms with Crippen molar-refractivity contribution < 1.29 is 0 Å². The standard InChI is InChI=1S/C17H23N3S/c1-15-4-2-5-17(18-15)13-20-8-3-7-19(9-10-20)12-16-6-11-21-14-16/h2,4-6,11,14H,3,7-10,12-13H2,1H3. The van der Waals surface area contributed by atoms with Gasteiger partial charge in [-0.05, 0) is 61.0 Å². The maximum Gasteiger partial charge on any atom is 0.0547 e. The molecule has 21 heavy (non-hydrogen) atoms. The summed E-state index contributed by atoms with van der Waals surface area (Å²) in [5.74, 6) is 0. The van der Waals surface area contributed by atoms with Crippen LogP contribution in [-0.2, 0) is 13.1 Å². The van der Waals surface area contributed by atoms with Crippen LogP contribution in [0.3, 0.4) is 0 Å². The lowest BCUT2D eigenvalue weighted by molar-refractivity contribution is 0.245. The molecule has 0 N–H and O–H groups in total. The van der Waals surface area contributed by atoms with E-state index in [-0.39, 0.29) is 0 Å². The van der Waals surface area contributed by atoms with Crippen molar-refractivity contribution >= 4 is 11.3 Å². The molecule has 0 atom stereocenters. The van der Waals surface area contributed by atoms with E-state index in [1.807, 2.05) is 0 Å². The molecular formula is C17H23N3S. The minimum atomic E-state index is 0.980. The van der Waals surface area contributed by atoms with Gasteiger partial charge in [0.2, 0.25) is 0 Å². The lowest BCUT2D eigenvalue weighted by Crippen LogP contribution is -2.30. The molecule has 1 fully saturated rings. The first-order valence-corrected chi connectivity index (χ1v) is 8.62. The Balaban J connectivity index is 1.53. The van der Waals surface area contributed by atoms with Crippen LogP contribution >= 0.6 is 11.3 Å². The maximum atomic E-state index is 4.62. The summed E-state index contributed by atoms with van der Waals surface area (Å²) in [6, 6.07) is 8.55. The summed E-state index contributed by atoms with van der Waals surface area (Å²) in [6.45, 7) is 8.81. The Morgan fingerprint density at radius 1 is 1.05 bits per heavy atom. The summed E-state index contributed by atoms with van der Waals surface area (Å²) >= 11 is 1.79. The van der Waals surface area contributed by atoms with Crippen molar-refractivity contribution in [3.63, 3.8) is 0 Å². The molecule has 2 aromatic rings. The number of aryl methyl sites for hydroxylation is 1. The highest BCUT2D eigenvalue weighted by Gasteiger charge is 2.15. The molecule has 0 aromatic carbocycles. The largest absolute Gasteiger partial charge is 0.298 e. The Labute approximate surface area is 131 Å². The van der Waals surface area contributed by atoms with Gasteiger partial charge >= 0.3 is 0 Å². The molecule has 3 nitrogen and oxygen atoms in total. The van der Waals surface area contributed by atoms with E-state index in [4.69, 9.17) is 0 Å². The van der Waals surface area contributed by atoms with E-state index in [1.165, 1.54) is 30.8 Å². The molecule has 0 bridgehead atoms. The molecule has 0 amide bonds. The second-order valence-electron chi connectivity index (χ2n) is 5.81. The fourth-order valence-corrected chi connectivity index (χ4v) is 3.56. The van der Waals surface area contributed by atoms with Gasteiger partial charge < -0.3 is 0 Å². The third-order valence-corrected chi connectivity index (χ3v) is 4.73. The number of nitrogens with zero attached hydrogens (tertiary/aromatic N) is 3. The van der Waals surface area contributed by atoms with E-state index in [2.05, 4.69) is 56.7 Å². The zero-order valence-electron chi connectivity index (χ0n) is 12.7. The number of pyridine rings is 1. The topological polar surface area (TPSA) is 19.4 Å². The molecule has 1 aliphatic heterocycles. The molecular weight excluding hydrogens is 278 g/mol. The molecule has 0 spiro atoms. The van der Waals surface area contributed by atoms with Gasteiger partial charge in [0.15, 0.2) is 0 Å². The van der Waals surface area contributed by atoms with Gasteiger partial charge in [0.1, 0.15) is 0 Å². The van der Waals surface area contributed by atoms with Gasteiger partial charge in [-0.25, -0.2) is 0 Å². The Hall–Kier alpha value is -1.23. The van der Waals surface area contributed by atoms with Crippen molar-refractivity contribution in [3.8, 4) is 0 Å². The van der Waals surface area contributed by atoms with E-state index >= 15 is 0 Å². The third kappa shape index (κ3) is 4.37. The van der Waals surface area contributed by atoms with E-state index in [9.17, 15) is 0 Å². The first-order valence-electron chi connectivity index (χ1n) is 7.68. The zero-order valence-corrected chi connectivity index (χ0v) is 13.5. The highest BCUT2D eigenvalue weighted by molar-refractivity contribution is 7.07. The van der Waals surface area contributed by atoms with Gasteiger partial charge in [-0.1, -0.05) is 6.07 Å². The molecule has 0 radical (unpaired) electrons. The van der Waals surface area contributed by atoms with Crippen LogP contribution in [0.1, 0.15) is 23.4 Å². The molecule has 0 saturated carbocycles. The van der Waals surface area contributed by atoms with E-state index < -0.39 is 0 Å². The van der Waals surface area contributed by atoms with E-state index in [0.717, 1.165) is 31.9 Å². The van der Waals surface area contributed by atoms with Crippen molar-refractivity contribution in [3.05, 3.63) is 52.0 Å². The van der Waals surface area contributed by atoms with Crippen LogP contribution in [0, 0.1) is 6.92 Å². The predicted octanol–water partition coefficient (Wildman–Crippen LogP) is 3.16. The van der Waals surface area contributed by atoms with E-state index in [0.29, 0.717) is 0 Å². The minimum Gasteiger partial charge on any atom is -0.298 e. The number of thiophene rings is 1. The number of hydrogen-bond donors (Lipinski definition) is 0. The summed E-state index contributed by atoms with van der Waals surface area (Å²) in [4.78, 5) is 9.74. The Morgan fingerprint density at radius 3 is 2.57 bits per heavy atom. The van der Waals surface area contributed by atoms with Gasteiger partial charge in [-0.3, -0.25) is 14.8 Å². The van der Waals surface area contributed by atoms with Crippen LogP contribution in [0.4, 0.5) is 0 Å². The normalized spacial score (nSPS) is 17.8. The second-order valence-corrected chi connectivity index (χ2v) is 6.59. The van der Waals surface area contributed by atoms with Crippen molar-refractivity contribution in [1.82, 2.24) is 14.8 Å². The number of aromatic nitrogens is 1. The smallest absolute Gasteiger partial charge is 0.0547 e. The SMILES string of the molecule is Cc1cccc(CN2CCCN(Cc3ccsc3)CC2)n1. The van der Waals surface area contributed by atoms with Crippen molar-refractivity contribution in [1.29, 1.82) is 0 Å². The number of rotatable bonds is 4. The Kier molecular flexibility index (Phi) is 5.01. The molecule has 1 saturated heterocycles. The van der Waals surface area contributed by atoms with Gasteiger partial charge in [-0.15, -0.1) is 0 Å². The average molecular weight is 301 g/mol. The van der Waals surface area contributed by atoms with Crippen molar-refractivity contribution in [2.24, 2.45) is 0 Å². The maximum absolute atomic E-state index is 4.62. The first kappa shape index (κ1) is 14.7. The molecule has 0 unspecified atom stereocenters. The molecule has 3 heterocycles. The zero-order chi connectivity index (χ0) is 14.5. The Morgan fingerprint density at radius 2 is 1.86 bits per heavy atom. The summed E-state index contributed by atoms with van der Waals surface area (Å²) in [7, 11) is 0. The Bertz CT molecular complexity index is 553. The van der Waals surface area contributed by atoms with Crippen molar-refractivity contribution in [2.75, 3.05) is 26.2 Å². The minimum absolute atomic E-state index is 0.980. The fraction of sp³-hybridized carbons (Fsp3) is 0.471. The molecule has 1 aliphatic rings. The van der Waals surface area contributed by atoms with Crippen molar-refractivity contribution in [2.45, 2.75) is 26.4 Å². The summed E-state index contributed by atoms with van der Waals surface area (Å²) in [6.07, 6.45) is 1.25. The molecule has 3 rings (SSSR count). The summed E-state index contributed by atoms with van der Waals surface area (Å²) in [5, 5.41) is 4.43.